The highest BCUT2D eigenvalue weighted by molar-refractivity contribution is 5.97. The molecular weight excluding hydrogens is 266 g/mol. The number of hydrogen-bond donors (Lipinski definition) is 1. The van der Waals surface area contributed by atoms with Crippen LogP contribution in [0.3, 0.4) is 0 Å². The largest absolute Gasteiger partial charge is 0.481 e. The Morgan fingerprint density at radius 1 is 1.19 bits per heavy atom. The van der Waals surface area contributed by atoms with E-state index in [0.29, 0.717) is 19.4 Å². The number of para-hydroxylation sites is 1. The molecule has 0 saturated heterocycles. The first kappa shape index (κ1) is 15.5. The zero-order valence-corrected chi connectivity index (χ0v) is 12.7. The molecule has 114 valence electrons. The van der Waals surface area contributed by atoms with Gasteiger partial charge in [0.1, 0.15) is 0 Å². The van der Waals surface area contributed by atoms with Crippen LogP contribution in [0.25, 0.3) is 0 Å². The molecule has 0 unspecified atom stereocenters. The van der Waals surface area contributed by atoms with Gasteiger partial charge in [-0.3, -0.25) is 9.59 Å². The number of carboxylic acids is 1. The van der Waals surface area contributed by atoms with Gasteiger partial charge in [0.25, 0.3) is 0 Å². The predicted molar refractivity (Wildman–Crippen MR) is 82.3 cm³/mol. The molecule has 0 radical (unpaired) electrons. The van der Waals surface area contributed by atoms with Crippen molar-refractivity contribution in [2.75, 3.05) is 11.4 Å². The van der Waals surface area contributed by atoms with Gasteiger partial charge >= 0.3 is 5.97 Å². The smallest absolute Gasteiger partial charge is 0.307 e. The summed E-state index contributed by atoms with van der Waals surface area (Å²) in [4.78, 5) is 26.0. The minimum Gasteiger partial charge on any atom is -0.481 e. The van der Waals surface area contributed by atoms with Crippen LogP contribution < -0.4 is 4.90 Å². The van der Waals surface area contributed by atoms with Gasteiger partial charge in [0, 0.05) is 12.2 Å². The molecule has 0 aromatic heterocycles. The first-order valence-electron chi connectivity index (χ1n) is 7.66. The van der Waals surface area contributed by atoms with Crippen LogP contribution in [-0.2, 0) is 9.59 Å². The molecule has 1 saturated carbocycles. The van der Waals surface area contributed by atoms with Crippen LogP contribution in [0.5, 0.6) is 0 Å². The molecule has 0 heterocycles. The third-order valence-electron chi connectivity index (χ3n) is 4.39. The Morgan fingerprint density at radius 3 is 2.38 bits per heavy atom. The molecule has 1 aliphatic carbocycles. The van der Waals surface area contributed by atoms with Crippen molar-refractivity contribution in [3.05, 3.63) is 29.8 Å². The second-order valence-electron chi connectivity index (χ2n) is 5.70. The molecule has 1 aromatic carbocycles. The van der Waals surface area contributed by atoms with Crippen molar-refractivity contribution in [3.8, 4) is 0 Å². The number of hydrogen-bond acceptors (Lipinski definition) is 2. The fourth-order valence-electron chi connectivity index (χ4n) is 3.23. The lowest BCUT2D eigenvalue weighted by molar-refractivity contribution is -0.148. The third-order valence-corrected chi connectivity index (χ3v) is 4.39. The lowest BCUT2D eigenvalue weighted by Gasteiger charge is -2.33. The molecular formula is C17H23NO3. The summed E-state index contributed by atoms with van der Waals surface area (Å²) in [6, 6.07) is 7.75. The molecule has 1 N–H and O–H groups in total. The zero-order chi connectivity index (χ0) is 15.4. The Kier molecular flexibility index (Phi) is 4.99. The zero-order valence-electron chi connectivity index (χ0n) is 12.7. The van der Waals surface area contributed by atoms with Crippen LogP contribution >= 0.6 is 0 Å². The molecule has 4 heteroatoms. The van der Waals surface area contributed by atoms with Gasteiger partial charge in [0.05, 0.1) is 11.8 Å². The fraction of sp³-hybridized carbons (Fsp3) is 0.529. The van der Waals surface area contributed by atoms with Crippen molar-refractivity contribution < 1.29 is 14.7 Å². The van der Waals surface area contributed by atoms with E-state index in [0.717, 1.165) is 24.1 Å². The van der Waals surface area contributed by atoms with E-state index in [1.165, 1.54) is 0 Å². The minimum absolute atomic E-state index is 0.0427. The van der Waals surface area contributed by atoms with Gasteiger partial charge in [-0.05, 0) is 38.3 Å². The van der Waals surface area contributed by atoms with E-state index in [-0.39, 0.29) is 5.91 Å². The molecule has 21 heavy (non-hydrogen) atoms. The molecule has 2 rings (SSSR count). The quantitative estimate of drug-likeness (QED) is 0.925. The highest BCUT2D eigenvalue weighted by Crippen LogP contribution is 2.33. The second kappa shape index (κ2) is 6.74. The van der Waals surface area contributed by atoms with Crippen LogP contribution in [0.15, 0.2) is 24.3 Å². The Bertz CT molecular complexity index is 527. The van der Waals surface area contributed by atoms with E-state index < -0.39 is 17.8 Å². The molecule has 4 nitrogen and oxygen atoms in total. The first-order valence-corrected chi connectivity index (χ1v) is 7.66. The Morgan fingerprint density at radius 2 is 1.81 bits per heavy atom. The summed E-state index contributed by atoms with van der Waals surface area (Å²) in [5.74, 6) is -1.81. The molecule has 1 fully saturated rings. The second-order valence-corrected chi connectivity index (χ2v) is 5.70. The van der Waals surface area contributed by atoms with E-state index in [4.69, 9.17) is 0 Å². The van der Waals surface area contributed by atoms with Gasteiger partial charge in [-0.1, -0.05) is 31.0 Å². The van der Waals surface area contributed by atoms with Crippen LogP contribution in [0.4, 0.5) is 5.69 Å². The maximum absolute atomic E-state index is 12.9. The monoisotopic (exact) mass is 289 g/mol. The summed E-state index contributed by atoms with van der Waals surface area (Å²) in [5.41, 5.74) is 1.93. The van der Waals surface area contributed by atoms with Crippen molar-refractivity contribution in [2.45, 2.75) is 39.5 Å². The van der Waals surface area contributed by atoms with Crippen molar-refractivity contribution in [3.63, 3.8) is 0 Å². The van der Waals surface area contributed by atoms with Crippen LogP contribution in [0, 0.1) is 18.8 Å². The van der Waals surface area contributed by atoms with Gasteiger partial charge in [-0.15, -0.1) is 0 Å². The number of carbonyl (C=O) groups excluding carboxylic acids is 1. The molecule has 1 amide bonds. The van der Waals surface area contributed by atoms with Gasteiger partial charge in [-0.25, -0.2) is 0 Å². The van der Waals surface area contributed by atoms with E-state index in [1.54, 1.807) is 4.90 Å². The minimum atomic E-state index is -0.839. The van der Waals surface area contributed by atoms with Gasteiger partial charge in [-0.2, -0.15) is 0 Å². The topological polar surface area (TPSA) is 57.6 Å². The molecule has 0 bridgehead atoms. The average Bonchev–Trinajstić information content (AvgIpc) is 2.49. The van der Waals surface area contributed by atoms with Crippen molar-refractivity contribution >= 4 is 17.6 Å². The predicted octanol–water partition coefficient (Wildman–Crippen LogP) is 3.24. The van der Waals surface area contributed by atoms with E-state index in [2.05, 4.69) is 0 Å². The lowest BCUT2D eigenvalue weighted by atomic mass is 9.78. The SMILES string of the molecule is CCN(C(=O)[C@@H]1CCCC[C@@H]1C(=O)O)c1ccccc1C. The molecule has 0 spiro atoms. The number of nitrogens with zero attached hydrogens (tertiary/aromatic N) is 1. The van der Waals surface area contributed by atoms with E-state index in [1.807, 2.05) is 38.1 Å². The van der Waals surface area contributed by atoms with E-state index >= 15 is 0 Å². The summed E-state index contributed by atoms with van der Waals surface area (Å²) in [6.07, 6.45) is 3.12. The van der Waals surface area contributed by atoms with Crippen LogP contribution in [0.2, 0.25) is 0 Å². The number of aryl methyl sites for hydroxylation is 1. The molecule has 2 atom stereocenters. The van der Waals surface area contributed by atoms with Crippen molar-refractivity contribution in [2.24, 2.45) is 11.8 Å². The van der Waals surface area contributed by atoms with Crippen LogP contribution in [-0.4, -0.2) is 23.5 Å². The van der Waals surface area contributed by atoms with E-state index in [9.17, 15) is 14.7 Å². The Labute approximate surface area is 125 Å². The molecule has 0 aliphatic heterocycles. The molecule has 1 aromatic rings. The number of aliphatic carboxylic acids is 1. The summed E-state index contributed by atoms with van der Waals surface area (Å²) in [6.45, 7) is 4.47. The summed E-state index contributed by atoms with van der Waals surface area (Å²) in [5, 5.41) is 9.37. The number of benzene rings is 1. The summed E-state index contributed by atoms with van der Waals surface area (Å²) >= 11 is 0. The standard InChI is InChI=1S/C17H23NO3/c1-3-18(15-11-7-4-8-12(15)2)16(19)13-9-5-6-10-14(13)17(20)21/h4,7-8,11,13-14H,3,5-6,9-10H2,1-2H3,(H,20,21)/t13-,14+/m1/s1. The van der Waals surface area contributed by atoms with Gasteiger partial charge < -0.3 is 10.0 Å². The van der Waals surface area contributed by atoms with Crippen molar-refractivity contribution in [1.29, 1.82) is 0 Å². The summed E-state index contributed by atoms with van der Waals surface area (Å²) in [7, 11) is 0. The molecule has 1 aliphatic rings. The highest BCUT2D eigenvalue weighted by Gasteiger charge is 2.38. The Balaban J connectivity index is 2.27. The van der Waals surface area contributed by atoms with Crippen LogP contribution in [0.1, 0.15) is 38.2 Å². The first-order chi connectivity index (χ1) is 10.1. The Hall–Kier alpha value is -1.84. The van der Waals surface area contributed by atoms with Gasteiger partial charge in [0.2, 0.25) is 5.91 Å². The maximum Gasteiger partial charge on any atom is 0.307 e. The summed E-state index contributed by atoms with van der Waals surface area (Å²) < 4.78 is 0. The van der Waals surface area contributed by atoms with Crippen molar-refractivity contribution in [1.82, 2.24) is 0 Å². The fourth-order valence-corrected chi connectivity index (χ4v) is 3.23. The number of amides is 1. The van der Waals surface area contributed by atoms with Gasteiger partial charge in [0.15, 0.2) is 0 Å². The third kappa shape index (κ3) is 3.26. The number of carbonyl (C=O) groups is 2. The number of rotatable bonds is 4. The number of anilines is 1. The highest BCUT2D eigenvalue weighted by atomic mass is 16.4. The lowest BCUT2D eigenvalue weighted by Crippen LogP contribution is -2.42. The number of carboxylic acid groups (broad SMARTS) is 1. The average molecular weight is 289 g/mol. The normalized spacial score (nSPS) is 21.8. The maximum atomic E-state index is 12.9.